The summed E-state index contributed by atoms with van der Waals surface area (Å²) in [5, 5.41) is 0. The average molecular weight is 287 g/mol. The van der Waals surface area contributed by atoms with Gasteiger partial charge < -0.3 is 5.73 Å². The molecule has 2 unspecified atom stereocenters. The van der Waals surface area contributed by atoms with E-state index >= 15 is 0 Å². The lowest BCUT2D eigenvalue weighted by Crippen LogP contribution is -2.35. The molecule has 1 aliphatic rings. The van der Waals surface area contributed by atoms with E-state index in [2.05, 4.69) is 24.3 Å². The molecule has 2 N–H and O–H groups in total. The van der Waals surface area contributed by atoms with Crippen LogP contribution in [0.4, 0.5) is 8.78 Å². The van der Waals surface area contributed by atoms with Gasteiger partial charge in [-0.3, -0.25) is 0 Å². The van der Waals surface area contributed by atoms with E-state index in [-0.39, 0.29) is 6.04 Å². The Kier molecular flexibility index (Phi) is 4.02. The molecule has 0 aromatic heterocycles. The maximum atomic E-state index is 13.3. The Balaban J connectivity index is 1.69. The second kappa shape index (κ2) is 5.94. The molecule has 0 heterocycles. The van der Waals surface area contributed by atoms with Crippen LogP contribution in [0.5, 0.6) is 0 Å². The van der Waals surface area contributed by atoms with E-state index in [0.717, 1.165) is 24.8 Å². The van der Waals surface area contributed by atoms with Gasteiger partial charge in [-0.1, -0.05) is 30.3 Å². The fourth-order valence-corrected chi connectivity index (χ4v) is 3.20. The van der Waals surface area contributed by atoms with Gasteiger partial charge in [0.25, 0.3) is 0 Å². The minimum absolute atomic E-state index is 0.0248. The highest BCUT2D eigenvalue weighted by molar-refractivity contribution is 5.30. The number of hydrogen-bond acceptors (Lipinski definition) is 1. The zero-order chi connectivity index (χ0) is 14.8. The summed E-state index contributed by atoms with van der Waals surface area (Å²) in [6.45, 7) is 0. The number of aryl methyl sites for hydroxylation is 1. The van der Waals surface area contributed by atoms with E-state index < -0.39 is 11.6 Å². The summed E-state index contributed by atoms with van der Waals surface area (Å²) in [6, 6.07) is 12.5. The zero-order valence-electron chi connectivity index (χ0n) is 11.9. The van der Waals surface area contributed by atoms with Gasteiger partial charge in [0.15, 0.2) is 11.6 Å². The van der Waals surface area contributed by atoms with Crippen molar-refractivity contribution >= 4 is 0 Å². The monoisotopic (exact) mass is 287 g/mol. The van der Waals surface area contributed by atoms with Gasteiger partial charge in [-0.05, 0) is 60.4 Å². The van der Waals surface area contributed by atoms with E-state index in [1.807, 2.05) is 0 Å². The smallest absolute Gasteiger partial charge is 0.159 e. The van der Waals surface area contributed by atoms with Crippen molar-refractivity contribution in [3.8, 4) is 0 Å². The van der Waals surface area contributed by atoms with Gasteiger partial charge in [-0.25, -0.2) is 8.78 Å². The van der Waals surface area contributed by atoms with E-state index in [0.29, 0.717) is 12.3 Å². The second-order valence-corrected chi connectivity index (χ2v) is 5.89. The highest BCUT2D eigenvalue weighted by Gasteiger charge is 2.24. The lowest BCUT2D eigenvalue weighted by molar-refractivity contribution is 0.372. The number of rotatable bonds is 3. The molecule has 0 fully saturated rings. The van der Waals surface area contributed by atoms with E-state index in [4.69, 9.17) is 5.73 Å². The van der Waals surface area contributed by atoms with Gasteiger partial charge in [-0.15, -0.1) is 0 Å². The minimum Gasteiger partial charge on any atom is -0.327 e. The van der Waals surface area contributed by atoms with Crippen molar-refractivity contribution in [3.05, 3.63) is 70.8 Å². The third kappa shape index (κ3) is 3.13. The molecule has 2 aromatic carbocycles. The van der Waals surface area contributed by atoms with Gasteiger partial charge in [0.1, 0.15) is 0 Å². The standard InChI is InChI=1S/C18H19F2N/c19-16-8-5-12(9-17(16)20)10-18(21)15-7-6-13-3-1-2-4-14(13)11-15/h1-5,8-9,15,18H,6-7,10-11,21H2. The third-order valence-electron chi connectivity index (χ3n) is 4.45. The van der Waals surface area contributed by atoms with Crippen LogP contribution < -0.4 is 5.73 Å². The molecule has 1 aliphatic carbocycles. The Bertz CT molecular complexity index is 639. The Morgan fingerprint density at radius 1 is 1.05 bits per heavy atom. The van der Waals surface area contributed by atoms with Crippen LogP contribution >= 0.6 is 0 Å². The molecule has 0 bridgehead atoms. The first kappa shape index (κ1) is 14.2. The Morgan fingerprint density at radius 3 is 2.57 bits per heavy atom. The fraction of sp³-hybridized carbons (Fsp3) is 0.333. The third-order valence-corrected chi connectivity index (χ3v) is 4.45. The van der Waals surface area contributed by atoms with Crippen LogP contribution in [0.25, 0.3) is 0 Å². The van der Waals surface area contributed by atoms with Crippen molar-refractivity contribution in [1.82, 2.24) is 0 Å². The molecule has 0 amide bonds. The van der Waals surface area contributed by atoms with Crippen LogP contribution in [0.1, 0.15) is 23.1 Å². The SMILES string of the molecule is NC(Cc1ccc(F)c(F)c1)C1CCc2ccccc2C1. The van der Waals surface area contributed by atoms with Gasteiger partial charge in [0, 0.05) is 6.04 Å². The number of benzene rings is 2. The molecule has 0 spiro atoms. The number of hydrogen-bond donors (Lipinski definition) is 1. The van der Waals surface area contributed by atoms with Gasteiger partial charge in [-0.2, -0.15) is 0 Å². The molecule has 3 rings (SSSR count). The molecular weight excluding hydrogens is 268 g/mol. The Morgan fingerprint density at radius 2 is 1.81 bits per heavy atom. The first-order valence-electron chi connectivity index (χ1n) is 7.40. The average Bonchev–Trinajstić information content (AvgIpc) is 2.50. The van der Waals surface area contributed by atoms with Crippen molar-refractivity contribution in [1.29, 1.82) is 0 Å². The van der Waals surface area contributed by atoms with Crippen molar-refractivity contribution < 1.29 is 8.78 Å². The molecule has 0 saturated carbocycles. The molecule has 2 aromatic rings. The maximum Gasteiger partial charge on any atom is 0.159 e. The molecule has 0 radical (unpaired) electrons. The topological polar surface area (TPSA) is 26.0 Å². The summed E-state index contributed by atoms with van der Waals surface area (Å²) in [5.41, 5.74) is 9.85. The van der Waals surface area contributed by atoms with Crippen LogP contribution in [0.2, 0.25) is 0 Å². The molecule has 21 heavy (non-hydrogen) atoms. The molecule has 110 valence electrons. The predicted molar refractivity (Wildman–Crippen MR) is 80.0 cm³/mol. The first-order valence-corrected chi connectivity index (χ1v) is 7.40. The molecule has 3 heteroatoms. The highest BCUT2D eigenvalue weighted by Crippen LogP contribution is 2.28. The largest absolute Gasteiger partial charge is 0.327 e. The summed E-state index contributed by atoms with van der Waals surface area (Å²) < 4.78 is 26.2. The van der Waals surface area contributed by atoms with Crippen LogP contribution in [0.15, 0.2) is 42.5 Å². The number of nitrogens with two attached hydrogens (primary N) is 1. The molecule has 2 atom stereocenters. The van der Waals surface area contributed by atoms with E-state index in [1.165, 1.54) is 23.3 Å². The molecule has 0 aliphatic heterocycles. The normalized spacial score (nSPS) is 19.1. The van der Waals surface area contributed by atoms with Gasteiger partial charge in [0.05, 0.1) is 0 Å². The van der Waals surface area contributed by atoms with Gasteiger partial charge >= 0.3 is 0 Å². The van der Waals surface area contributed by atoms with E-state index in [1.54, 1.807) is 6.07 Å². The Labute approximate surface area is 123 Å². The van der Waals surface area contributed by atoms with Crippen molar-refractivity contribution in [2.75, 3.05) is 0 Å². The predicted octanol–water partition coefficient (Wildman–Crippen LogP) is 3.64. The summed E-state index contributed by atoms with van der Waals surface area (Å²) in [7, 11) is 0. The lowest BCUT2D eigenvalue weighted by Gasteiger charge is -2.29. The zero-order valence-corrected chi connectivity index (χ0v) is 11.9. The number of fused-ring (bicyclic) bond motifs is 1. The quantitative estimate of drug-likeness (QED) is 0.916. The minimum atomic E-state index is -0.807. The van der Waals surface area contributed by atoms with Crippen molar-refractivity contribution in [2.24, 2.45) is 11.7 Å². The molecule has 0 saturated heterocycles. The van der Waals surface area contributed by atoms with Crippen molar-refractivity contribution in [2.45, 2.75) is 31.7 Å². The summed E-state index contributed by atoms with van der Waals surface area (Å²) >= 11 is 0. The lowest BCUT2D eigenvalue weighted by atomic mass is 9.79. The first-order chi connectivity index (χ1) is 10.1. The van der Waals surface area contributed by atoms with Crippen LogP contribution in [0, 0.1) is 17.6 Å². The van der Waals surface area contributed by atoms with Crippen LogP contribution in [-0.4, -0.2) is 6.04 Å². The summed E-state index contributed by atoms with van der Waals surface area (Å²) in [4.78, 5) is 0. The molecule has 1 nitrogen and oxygen atoms in total. The van der Waals surface area contributed by atoms with Crippen molar-refractivity contribution in [3.63, 3.8) is 0 Å². The van der Waals surface area contributed by atoms with E-state index in [9.17, 15) is 8.78 Å². The molecular formula is C18H19F2N. The van der Waals surface area contributed by atoms with Crippen LogP contribution in [0.3, 0.4) is 0 Å². The fourth-order valence-electron chi connectivity index (χ4n) is 3.20. The van der Waals surface area contributed by atoms with Crippen LogP contribution in [-0.2, 0) is 19.3 Å². The summed E-state index contributed by atoms with van der Waals surface area (Å²) in [5.74, 6) is -1.21. The summed E-state index contributed by atoms with van der Waals surface area (Å²) in [6.07, 6.45) is 3.67. The highest BCUT2D eigenvalue weighted by atomic mass is 19.2. The Hall–Kier alpha value is -1.74. The number of halogens is 2. The second-order valence-electron chi connectivity index (χ2n) is 5.89. The maximum absolute atomic E-state index is 13.3. The van der Waals surface area contributed by atoms with Gasteiger partial charge in [0.2, 0.25) is 0 Å².